The van der Waals surface area contributed by atoms with Crippen molar-refractivity contribution in [2.75, 3.05) is 18.5 Å². The molecule has 0 bridgehead atoms. The van der Waals surface area contributed by atoms with Crippen LogP contribution in [0.5, 0.6) is 0 Å². The number of fused-ring (bicyclic) bond motifs is 1. The molecule has 0 radical (unpaired) electrons. The number of thioether (sulfide) groups is 1. The van der Waals surface area contributed by atoms with Crippen LogP contribution in [0.2, 0.25) is 0 Å². The summed E-state index contributed by atoms with van der Waals surface area (Å²) < 4.78 is 0. The monoisotopic (exact) mass is 344 g/mol. The van der Waals surface area contributed by atoms with Crippen molar-refractivity contribution >= 4 is 34.7 Å². The van der Waals surface area contributed by atoms with Crippen LogP contribution in [0.15, 0.2) is 23.1 Å². The average molecular weight is 344 g/mol. The molecule has 2 aliphatic rings. The molecule has 2 aliphatic heterocycles. The standard InChI is InChI=1S/C19H24N2O2S/c1-6-21-15-8-7-13(9-14(15)12(2)11-19(21,3)4)10-16-17(22)20(5)18(23)24-16/h7-10,12H,6,11H2,1-5H3/b16-10+/t12-/m0/s1. The number of hydrogen-bond donors (Lipinski definition) is 0. The first-order valence-corrected chi connectivity index (χ1v) is 9.19. The molecule has 0 aliphatic carbocycles. The molecule has 0 N–H and O–H groups in total. The lowest BCUT2D eigenvalue weighted by atomic mass is 9.79. The second-order valence-corrected chi connectivity index (χ2v) is 8.21. The lowest BCUT2D eigenvalue weighted by molar-refractivity contribution is -0.121. The van der Waals surface area contributed by atoms with Crippen LogP contribution in [0.4, 0.5) is 10.5 Å². The van der Waals surface area contributed by atoms with Gasteiger partial charge >= 0.3 is 0 Å². The highest BCUT2D eigenvalue weighted by Gasteiger charge is 2.36. The summed E-state index contributed by atoms with van der Waals surface area (Å²) >= 11 is 1.01. The summed E-state index contributed by atoms with van der Waals surface area (Å²) in [5.74, 6) is 0.250. The van der Waals surface area contributed by atoms with Crippen LogP contribution >= 0.6 is 11.8 Å². The first-order chi connectivity index (χ1) is 11.2. The minimum Gasteiger partial charge on any atom is -0.366 e. The third-order valence-electron chi connectivity index (χ3n) is 5.01. The second kappa shape index (κ2) is 5.96. The first-order valence-electron chi connectivity index (χ1n) is 8.37. The minimum absolute atomic E-state index is 0.146. The van der Waals surface area contributed by atoms with Crippen LogP contribution in [0, 0.1) is 0 Å². The van der Waals surface area contributed by atoms with Crippen molar-refractivity contribution in [1.29, 1.82) is 0 Å². The third-order valence-corrected chi connectivity index (χ3v) is 5.97. The molecule has 0 spiro atoms. The van der Waals surface area contributed by atoms with Crippen molar-refractivity contribution in [3.63, 3.8) is 0 Å². The number of carbonyl (C=O) groups excluding carboxylic acids is 2. The Morgan fingerprint density at radius 2 is 2.04 bits per heavy atom. The molecular formula is C19H24N2O2S. The summed E-state index contributed by atoms with van der Waals surface area (Å²) in [5, 5.41) is -0.212. The number of carbonyl (C=O) groups is 2. The Bertz CT molecular complexity index is 739. The van der Waals surface area contributed by atoms with Gasteiger partial charge < -0.3 is 4.90 Å². The molecule has 128 valence electrons. The number of benzene rings is 1. The maximum Gasteiger partial charge on any atom is 0.293 e. The molecule has 0 aromatic heterocycles. The number of hydrogen-bond acceptors (Lipinski definition) is 4. The molecule has 1 aromatic carbocycles. The van der Waals surface area contributed by atoms with Gasteiger partial charge in [0.15, 0.2) is 0 Å². The minimum atomic E-state index is -0.216. The predicted molar refractivity (Wildman–Crippen MR) is 100 cm³/mol. The van der Waals surface area contributed by atoms with E-state index in [-0.39, 0.29) is 16.7 Å². The van der Waals surface area contributed by atoms with E-state index in [0.717, 1.165) is 30.3 Å². The zero-order valence-corrected chi connectivity index (χ0v) is 15.7. The molecule has 1 atom stereocenters. The number of likely N-dealkylation sites (N-methyl/N-ethyl adjacent to an activating group) is 1. The summed E-state index contributed by atoms with van der Waals surface area (Å²) in [6, 6.07) is 6.36. The highest BCUT2D eigenvalue weighted by atomic mass is 32.2. The highest BCUT2D eigenvalue weighted by Crippen LogP contribution is 2.43. The van der Waals surface area contributed by atoms with Crippen LogP contribution in [-0.2, 0) is 4.79 Å². The fraction of sp³-hybridized carbons (Fsp3) is 0.474. The van der Waals surface area contributed by atoms with E-state index < -0.39 is 0 Å². The quantitative estimate of drug-likeness (QED) is 0.743. The van der Waals surface area contributed by atoms with Gasteiger partial charge in [-0.1, -0.05) is 13.0 Å². The van der Waals surface area contributed by atoms with Crippen LogP contribution in [-0.4, -0.2) is 35.2 Å². The molecule has 1 aromatic rings. The molecule has 1 fully saturated rings. The molecule has 1 saturated heterocycles. The van der Waals surface area contributed by atoms with Gasteiger partial charge in [-0.3, -0.25) is 14.5 Å². The van der Waals surface area contributed by atoms with E-state index in [1.165, 1.54) is 23.2 Å². The van der Waals surface area contributed by atoms with Crippen molar-refractivity contribution in [2.24, 2.45) is 0 Å². The van der Waals surface area contributed by atoms with Crippen LogP contribution in [0.25, 0.3) is 6.08 Å². The zero-order chi connectivity index (χ0) is 17.6. The first kappa shape index (κ1) is 17.1. The molecule has 2 amide bonds. The Labute approximate surface area is 147 Å². The molecule has 5 heteroatoms. The Kier molecular flexibility index (Phi) is 4.24. The second-order valence-electron chi connectivity index (χ2n) is 7.22. The van der Waals surface area contributed by atoms with Gasteiger partial charge in [0.05, 0.1) is 4.91 Å². The summed E-state index contributed by atoms with van der Waals surface area (Å²) in [6.07, 6.45) is 2.93. The summed E-state index contributed by atoms with van der Waals surface area (Å²) in [7, 11) is 1.52. The van der Waals surface area contributed by atoms with E-state index in [1.54, 1.807) is 0 Å². The molecule has 24 heavy (non-hydrogen) atoms. The van der Waals surface area contributed by atoms with Gasteiger partial charge in [0, 0.05) is 24.8 Å². The molecule has 0 unspecified atom stereocenters. The van der Waals surface area contributed by atoms with Crippen LogP contribution < -0.4 is 4.90 Å². The van der Waals surface area contributed by atoms with Gasteiger partial charge in [-0.05, 0) is 74.2 Å². The summed E-state index contributed by atoms with van der Waals surface area (Å²) in [6.45, 7) is 10.0. The summed E-state index contributed by atoms with van der Waals surface area (Å²) in [5.41, 5.74) is 3.73. The van der Waals surface area contributed by atoms with Crippen molar-refractivity contribution in [3.8, 4) is 0 Å². The molecule has 2 heterocycles. The van der Waals surface area contributed by atoms with E-state index in [1.807, 2.05) is 12.1 Å². The maximum absolute atomic E-state index is 12.1. The molecule has 4 nitrogen and oxygen atoms in total. The average Bonchev–Trinajstić information content (AvgIpc) is 2.75. The molecular weight excluding hydrogens is 320 g/mol. The van der Waals surface area contributed by atoms with Gasteiger partial charge in [-0.15, -0.1) is 0 Å². The van der Waals surface area contributed by atoms with Gasteiger partial charge in [-0.2, -0.15) is 0 Å². The SMILES string of the molecule is CCN1c2ccc(/C=C3/SC(=O)N(C)C3=O)cc2[C@@H](C)CC1(C)C. The Morgan fingerprint density at radius 3 is 2.62 bits per heavy atom. The number of imide groups is 1. The Morgan fingerprint density at radius 1 is 1.33 bits per heavy atom. The number of amides is 2. The van der Waals surface area contributed by atoms with Crippen LogP contribution in [0.1, 0.15) is 51.2 Å². The van der Waals surface area contributed by atoms with E-state index in [4.69, 9.17) is 0 Å². The van der Waals surface area contributed by atoms with Gasteiger partial charge in [-0.25, -0.2) is 0 Å². The predicted octanol–water partition coefficient (Wildman–Crippen LogP) is 4.46. The van der Waals surface area contributed by atoms with Crippen LogP contribution in [0.3, 0.4) is 0 Å². The number of anilines is 1. The lowest BCUT2D eigenvalue weighted by Gasteiger charge is -2.47. The van der Waals surface area contributed by atoms with Crippen molar-refractivity contribution in [1.82, 2.24) is 4.90 Å². The topological polar surface area (TPSA) is 40.6 Å². The smallest absolute Gasteiger partial charge is 0.293 e. The van der Waals surface area contributed by atoms with Gasteiger partial charge in [0.25, 0.3) is 11.1 Å². The fourth-order valence-electron chi connectivity index (χ4n) is 3.89. The van der Waals surface area contributed by atoms with E-state index >= 15 is 0 Å². The molecule has 3 rings (SSSR count). The van der Waals surface area contributed by atoms with Gasteiger partial charge in [0.2, 0.25) is 0 Å². The highest BCUT2D eigenvalue weighted by molar-refractivity contribution is 8.18. The van der Waals surface area contributed by atoms with Crippen molar-refractivity contribution < 1.29 is 9.59 Å². The van der Waals surface area contributed by atoms with Crippen molar-refractivity contribution in [2.45, 2.75) is 45.6 Å². The normalized spacial score (nSPS) is 24.7. The van der Waals surface area contributed by atoms with E-state index in [2.05, 4.69) is 44.7 Å². The number of nitrogens with zero attached hydrogens (tertiary/aromatic N) is 2. The van der Waals surface area contributed by atoms with Gasteiger partial charge in [0.1, 0.15) is 0 Å². The fourth-order valence-corrected chi connectivity index (χ4v) is 4.72. The number of rotatable bonds is 2. The zero-order valence-electron chi connectivity index (χ0n) is 14.9. The third kappa shape index (κ3) is 2.75. The summed E-state index contributed by atoms with van der Waals surface area (Å²) in [4.78, 5) is 27.8. The van der Waals surface area contributed by atoms with E-state index in [9.17, 15) is 9.59 Å². The van der Waals surface area contributed by atoms with Crippen molar-refractivity contribution in [3.05, 3.63) is 34.2 Å². The maximum atomic E-state index is 12.1. The largest absolute Gasteiger partial charge is 0.366 e. The Balaban J connectivity index is 1.99. The van der Waals surface area contributed by atoms with E-state index in [0.29, 0.717) is 10.8 Å². The Hall–Kier alpha value is -1.75. The lowest BCUT2D eigenvalue weighted by Crippen LogP contribution is -2.48. The molecule has 0 saturated carbocycles.